The first-order valence-corrected chi connectivity index (χ1v) is 12.0. The van der Waals surface area contributed by atoms with Gasteiger partial charge in [-0.3, -0.25) is 4.78 Å². The minimum atomic E-state index is -2.78. The van der Waals surface area contributed by atoms with Gasteiger partial charge in [-0.2, -0.15) is 0 Å². The second kappa shape index (κ2) is 8.70. The Labute approximate surface area is 184 Å². The number of halogens is 2. The van der Waals surface area contributed by atoms with Gasteiger partial charge in [0.1, 0.15) is 23.0 Å². The van der Waals surface area contributed by atoms with E-state index in [1.54, 1.807) is 18.2 Å². The minimum Gasteiger partial charge on any atom is -0.493 e. The molecule has 1 aromatic heterocycles. The molecule has 0 spiro atoms. The number of aromatic nitrogens is 2. The summed E-state index contributed by atoms with van der Waals surface area (Å²) in [6.45, 7) is 2.07. The van der Waals surface area contributed by atoms with Crippen LogP contribution in [0.1, 0.15) is 18.9 Å². The van der Waals surface area contributed by atoms with E-state index in [0.29, 0.717) is 29.0 Å². The van der Waals surface area contributed by atoms with Gasteiger partial charge in [-0.1, -0.05) is 0 Å². The van der Waals surface area contributed by atoms with Gasteiger partial charge in [0, 0.05) is 45.8 Å². The molecular weight excluding hydrogens is 438 g/mol. The average molecular weight is 461 g/mol. The number of benzene rings is 2. The van der Waals surface area contributed by atoms with Crippen LogP contribution in [0.5, 0.6) is 11.5 Å². The molecule has 0 saturated carbocycles. The van der Waals surface area contributed by atoms with Gasteiger partial charge in [-0.15, -0.1) is 0 Å². The molecule has 4 rings (SSSR count). The molecule has 32 heavy (non-hydrogen) atoms. The topological polar surface area (TPSA) is 97.2 Å². The van der Waals surface area contributed by atoms with Crippen LogP contribution in [-0.2, 0) is 15.5 Å². The summed E-state index contributed by atoms with van der Waals surface area (Å²) in [7, 11) is -2.78. The van der Waals surface area contributed by atoms with Crippen molar-refractivity contribution in [2.45, 2.75) is 25.2 Å². The molecule has 0 saturated heterocycles. The number of nitrogens with zero attached hydrogens (tertiary/aromatic N) is 2. The lowest BCUT2D eigenvalue weighted by Gasteiger charge is -2.19. The lowest BCUT2D eigenvalue weighted by Crippen LogP contribution is -2.16. The molecule has 1 aliphatic heterocycles. The van der Waals surface area contributed by atoms with Crippen molar-refractivity contribution >= 4 is 21.4 Å². The molecule has 4 bridgehead atoms. The summed E-state index contributed by atoms with van der Waals surface area (Å²) in [4.78, 5) is 8.26. The third-order valence-corrected chi connectivity index (χ3v) is 5.61. The van der Waals surface area contributed by atoms with Crippen LogP contribution >= 0.6 is 0 Å². The average Bonchev–Trinajstić information content (AvgIpc) is 2.68. The number of anilines is 2. The minimum absolute atomic E-state index is 0.0297. The molecule has 1 aliphatic rings. The van der Waals surface area contributed by atoms with E-state index in [9.17, 15) is 13.0 Å². The van der Waals surface area contributed by atoms with Crippen LogP contribution in [0.2, 0.25) is 0 Å². The predicted molar refractivity (Wildman–Crippen MR) is 118 cm³/mol. The molecule has 1 unspecified atom stereocenters. The fourth-order valence-electron chi connectivity index (χ4n) is 3.38. The quantitative estimate of drug-likeness (QED) is 0.565. The molecule has 0 amide bonds. The Bertz CT molecular complexity index is 1270. The van der Waals surface area contributed by atoms with Crippen LogP contribution in [0, 0.1) is 16.4 Å². The third-order valence-electron chi connectivity index (χ3n) is 4.73. The van der Waals surface area contributed by atoms with Crippen molar-refractivity contribution in [2.75, 3.05) is 18.2 Å². The SMILES string of the molecule is C[C@H]1CCOc2cc(F)ccc2-c2nc(ncc2F)Nc2cc(CS(C)(=N)=O)cc(c2)O1. The smallest absolute Gasteiger partial charge is 0.227 e. The molecule has 2 N–H and O–H groups in total. The molecule has 2 atom stereocenters. The molecule has 2 aromatic carbocycles. The lowest BCUT2D eigenvalue weighted by atomic mass is 10.1. The third kappa shape index (κ3) is 5.31. The van der Waals surface area contributed by atoms with E-state index in [1.807, 2.05) is 6.92 Å². The van der Waals surface area contributed by atoms with Gasteiger partial charge in [-0.25, -0.2) is 23.0 Å². The standard InChI is InChI=1S/C22H22F2N4O3S/c1-13-5-6-30-20-9-15(23)3-4-18(20)21-19(24)11-26-22(28-21)27-16-7-14(12-32(2,25)29)8-17(10-16)31-13/h3-4,7-11,13,25H,5-6,12H2,1-2H3,(H,26,27,28)/t13-,32?/m0/s1. The van der Waals surface area contributed by atoms with Gasteiger partial charge in [0.15, 0.2) is 5.82 Å². The zero-order valence-corrected chi connectivity index (χ0v) is 18.3. The summed E-state index contributed by atoms with van der Waals surface area (Å²) in [6, 6.07) is 9.00. The molecule has 0 radical (unpaired) electrons. The molecule has 0 fully saturated rings. The predicted octanol–water partition coefficient (Wildman–Crippen LogP) is 4.89. The first-order chi connectivity index (χ1) is 15.2. The maximum absolute atomic E-state index is 14.6. The summed E-state index contributed by atoms with van der Waals surface area (Å²) in [5, 5.41) is 3.01. The number of hydrogen-bond donors (Lipinski definition) is 2. The molecule has 2 heterocycles. The van der Waals surface area contributed by atoms with Crippen molar-refractivity contribution in [3.05, 3.63) is 59.8 Å². The maximum Gasteiger partial charge on any atom is 0.227 e. The van der Waals surface area contributed by atoms with Gasteiger partial charge in [-0.05, 0) is 36.8 Å². The first-order valence-electron chi connectivity index (χ1n) is 9.91. The monoisotopic (exact) mass is 460 g/mol. The number of ether oxygens (including phenoxy) is 2. The maximum atomic E-state index is 14.6. The van der Waals surface area contributed by atoms with Crippen molar-refractivity contribution in [3.8, 4) is 22.8 Å². The highest BCUT2D eigenvalue weighted by Gasteiger charge is 2.18. The fourth-order valence-corrected chi connectivity index (χ4v) is 4.19. The lowest BCUT2D eigenvalue weighted by molar-refractivity contribution is 0.177. The molecule has 0 aliphatic carbocycles. The zero-order chi connectivity index (χ0) is 22.9. The number of rotatable bonds is 2. The van der Waals surface area contributed by atoms with Gasteiger partial charge >= 0.3 is 0 Å². The molecule has 168 valence electrons. The Morgan fingerprint density at radius 1 is 1.25 bits per heavy atom. The van der Waals surface area contributed by atoms with Crippen LogP contribution in [0.15, 0.2) is 42.6 Å². The fraction of sp³-hybridized carbons (Fsp3) is 0.273. The Morgan fingerprint density at radius 2 is 2.06 bits per heavy atom. The highest BCUT2D eigenvalue weighted by molar-refractivity contribution is 7.90. The normalized spacial score (nSPS) is 17.6. The van der Waals surface area contributed by atoms with Crippen molar-refractivity contribution in [2.24, 2.45) is 0 Å². The van der Waals surface area contributed by atoms with Crippen LogP contribution in [-0.4, -0.2) is 33.1 Å². The van der Waals surface area contributed by atoms with Gasteiger partial charge < -0.3 is 14.8 Å². The van der Waals surface area contributed by atoms with Crippen molar-refractivity contribution in [3.63, 3.8) is 0 Å². The van der Waals surface area contributed by atoms with Crippen LogP contribution in [0.3, 0.4) is 0 Å². The molecule has 7 nitrogen and oxygen atoms in total. The van der Waals surface area contributed by atoms with E-state index < -0.39 is 21.4 Å². The Kier molecular flexibility index (Phi) is 5.96. The summed E-state index contributed by atoms with van der Waals surface area (Å²) in [5.41, 5.74) is 1.46. The van der Waals surface area contributed by atoms with E-state index in [-0.39, 0.29) is 35.9 Å². The molecular formula is C22H22F2N4O3S. The second-order valence-corrected chi connectivity index (χ2v) is 10.0. The van der Waals surface area contributed by atoms with E-state index in [0.717, 1.165) is 6.20 Å². The van der Waals surface area contributed by atoms with Gasteiger partial charge in [0.05, 0.1) is 24.7 Å². The van der Waals surface area contributed by atoms with Crippen LogP contribution in [0.4, 0.5) is 20.4 Å². The van der Waals surface area contributed by atoms with E-state index in [2.05, 4.69) is 15.3 Å². The largest absolute Gasteiger partial charge is 0.493 e. The Morgan fingerprint density at radius 3 is 2.84 bits per heavy atom. The van der Waals surface area contributed by atoms with E-state index in [4.69, 9.17) is 14.3 Å². The van der Waals surface area contributed by atoms with Crippen LogP contribution in [0.25, 0.3) is 11.3 Å². The van der Waals surface area contributed by atoms with E-state index in [1.165, 1.54) is 24.5 Å². The summed E-state index contributed by atoms with van der Waals surface area (Å²) in [5.74, 6) is -0.353. The highest BCUT2D eigenvalue weighted by Crippen LogP contribution is 2.33. The second-order valence-electron chi connectivity index (χ2n) is 7.74. The molecule has 10 heteroatoms. The number of nitrogens with one attached hydrogen (secondary N) is 2. The van der Waals surface area contributed by atoms with Crippen molar-refractivity contribution in [1.29, 1.82) is 4.78 Å². The van der Waals surface area contributed by atoms with Crippen molar-refractivity contribution < 1.29 is 22.5 Å². The first kappa shape index (κ1) is 21.9. The number of hydrogen-bond acceptors (Lipinski definition) is 7. The summed E-state index contributed by atoms with van der Waals surface area (Å²) in [6.07, 6.45) is 2.61. The summed E-state index contributed by atoms with van der Waals surface area (Å²) >= 11 is 0. The van der Waals surface area contributed by atoms with Crippen molar-refractivity contribution in [1.82, 2.24) is 9.97 Å². The molecule has 3 aromatic rings. The van der Waals surface area contributed by atoms with E-state index >= 15 is 0 Å². The van der Waals surface area contributed by atoms with Gasteiger partial charge in [0.25, 0.3) is 0 Å². The number of fused-ring (bicyclic) bond motifs is 6. The zero-order valence-electron chi connectivity index (χ0n) is 17.5. The Balaban J connectivity index is 1.82. The Hall–Kier alpha value is -3.27. The summed E-state index contributed by atoms with van der Waals surface area (Å²) < 4.78 is 60.0. The van der Waals surface area contributed by atoms with Gasteiger partial charge in [0.2, 0.25) is 5.95 Å². The van der Waals surface area contributed by atoms with Crippen LogP contribution < -0.4 is 14.8 Å². The highest BCUT2D eigenvalue weighted by atomic mass is 32.2.